The third-order valence-corrected chi connectivity index (χ3v) is 4.29. The summed E-state index contributed by atoms with van der Waals surface area (Å²) in [6.07, 6.45) is 1.82. The van der Waals surface area contributed by atoms with Gasteiger partial charge in [-0.3, -0.25) is 0 Å². The molecule has 3 N–H and O–H groups in total. The molecule has 2 aromatic heterocycles. The van der Waals surface area contributed by atoms with Crippen LogP contribution < -0.4 is 16.0 Å². The van der Waals surface area contributed by atoms with Crippen molar-refractivity contribution in [3.63, 3.8) is 0 Å². The van der Waals surface area contributed by atoms with Crippen molar-refractivity contribution in [3.05, 3.63) is 36.2 Å². The number of anilines is 2. The summed E-state index contributed by atoms with van der Waals surface area (Å²) in [5, 5.41) is 8.93. The number of aryl methyl sites for hydroxylation is 1. The minimum atomic E-state index is 0.430. The molecule has 0 aliphatic carbocycles. The largest absolute Gasteiger partial charge is 0.399 e. The lowest BCUT2D eigenvalue weighted by molar-refractivity contribution is 0.479. The number of hydrogen-bond acceptors (Lipinski definition) is 6. The predicted molar refractivity (Wildman–Crippen MR) is 95.5 cm³/mol. The van der Waals surface area contributed by atoms with Gasteiger partial charge in [-0.25, -0.2) is 9.67 Å². The first-order chi connectivity index (χ1) is 11.6. The van der Waals surface area contributed by atoms with Crippen molar-refractivity contribution in [1.29, 1.82) is 0 Å². The normalized spacial score (nSPS) is 18.2. The van der Waals surface area contributed by atoms with Crippen LogP contribution in [0.25, 0.3) is 16.7 Å². The van der Waals surface area contributed by atoms with Gasteiger partial charge in [-0.1, -0.05) is 0 Å². The van der Waals surface area contributed by atoms with Crippen LogP contribution in [0.2, 0.25) is 0 Å². The van der Waals surface area contributed by atoms with E-state index in [2.05, 4.69) is 27.2 Å². The average molecular weight is 323 g/mol. The molecule has 3 heterocycles. The number of fused-ring (bicyclic) bond motifs is 1. The molecule has 0 saturated carbocycles. The van der Waals surface area contributed by atoms with Crippen LogP contribution in [0.5, 0.6) is 0 Å². The number of nitrogens with two attached hydrogens (primary N) is 1. The van der Waals surface area contributed by atoms with Crippen molar-refractivity contribution in [3.8, 4) is 5.82 Å². The molecule has 1 atom stereocenters. The Balaban J connectivity index is 1.77. The zero-order valence-corrected chi connectivity index (χ0v) is 13.9. The highest BCUT2D eigenvalue weighted by molar-refractivity contribution is 5.83. The number of nitrogens with zero attached hydrogens (tertiary/aromatic N) is 5. The summed E-state index contributed by atoms with van der Waals surface area (Å²) in [7, 11) is 0. The lowest BCUT2D eigenvalue weighted by atomic mass is 10.2. The molecule has 1 saturated heterocycles. The van der Waals surface area contributed by atoms with Crippen molar-refractivity contribution >= 4 is 22.5 Å². The average Bonchev–Trinajstić information content (AvgIpc) is 2.97. The number of rotatable bonds is 2. The SMILES string of the molecule is Cc1cc(-n2ncc3cc(N)ccc32)nc(N2CCNC(C)C2)n1. The van der Waals surface area contributed by atoms with Gasteiger partial charge in [-0.2, -0.15) is 10.1 Å². The minimum Gasteiger partial charge on any atom is -0.399 e. The van der Waals surface area contributed by atoms with Crippen LogP contribution in [0.15, 0.2) is 30.5 Å². The van der Waals surface area contributed by atoms with Gasteiger partial charge in [0.2, 0.25) is 5.95 Å². The molecule has 1 aliphatic heterocycles. The Morgan fingerprint density at radius 2 is 2.12 bits per heavy atom. The van der Waals surface area contributed by atoms with E-state index in [1.807, 2.05) is 42.1 Å². The summed E-state index contributed by atoms with van der Waals surface area (Å²) < 4.78 is 1.85. The third-order valence-electron chi connectivity index (χ3n) is 4.29. The Bertz CT molecular complexity index is 886. The summed E-state index contributed by atoms with van der Waals surface area (Å²) in [5.41, 5.74) is 8.51. The number of nitrogen functional groups attached to an aromatic ring is 1. The van der Waals surface area contributed by atoms with Gasteiger partial charge in [0.1, 0.15) is 0 Å². The zero-order chi connectivity index (χ0) is 16.7. The van der Waals surface area contributed by atoms with Crippen molar-refractivity contribution in [2.45, 2.75) is 19.9 Å². The Hall–Kier alpha value is -2.67. The van der Waals surface area contributed by atoms with Gasteiger partial charge in [0.05, 0.1) is 11.7 Å². The second kappa shape index (κ2) is 5.76. The molecule has 4 rings (SSSR count). The summed E-state index contributed by atoms with van der Waals surface area (Å²) in [5.74, 6) is 1.54. The fraction of sp³-hybridized carbons (Fsp3) is 0.353. The van der Waals surface area contributed by atoms with Gasteiger partial charge >= 0.3 is 0 Å². The van der Waals surface area contributed by atoms with Gasteiger partial charge in [0.25, 0.3) is 0 Å². The molecular weight excluding hydrogens is 302 g/mol. The summed E-state index contributed by atoms with van der Waals surface area (Å²) in [6, 6.07) is 8.17. The monoisotopic (exact) mass is 323 g/mol. The van der Waals surface area contributed by atoms with Gasteiger partial charge in [-0.05, 0) is 32.0 Å². The van der Waals surface area contributed by atoms with Crippen molar-refractivity contribution < 1.29 is 0 Å². The Kier molecular flexibility index (Phi) is 3.57. The molecule has 124 valence electrons. The zero-order valence-electron chi connectivity index (χ0n) is 13.9. The highest BCUT2D eigenvalue weighted by Gasteiger charge is 2.19. The van der Waals surface area contributed by atoms with Gasteiger partial charge in [0.15, 0.2) is 5.82 Å². The van der Waals surface area contributed by atoms with E-state index in [-0.39, 0.29) is 0 Å². The van der Waals surface area contributed by atoms with Crippen LogP contribution in [0.1, 0.15) is 12.6 Å². The minimum absolute atomic E-state index is 0.430. The Labute approximate surface area is 140 Å². The first-order valence-corrected chi connectivity index (χ1v) is 8.18. The number of aromatic nitrogens is 4. The number of benzene rings is 1. The molecule has 7 nitrogen and oxygen atoms in total. The van der Waals surface area contributed by atoms with Crippen LogP contribution in [0.4, 0.5) is 11.6 Å². The molecule has 0 bridgehead atoms. The Morgan fingerprint density at radius 3 is 2.96 bits per heavy atom. The van der Waals surface area contributed by atoms with E-state index in [1.165, 1.54) is 0 Å². The topological polar surface area (TPSA) is 84.9 Å². The van der Waals surface area contributed by atoms with Crippen LogP contribution in [0.3, 0.4) is 0 Å². The predicted octanol–water partition coefficient (Wildman–Crippen LogP) is 1.50. The smallest absolute Gasteiger partial charge is 0.227 e. The molecule has 0 radical (unpaired) electrons. The third kappa shape index (κ3) is 2.67. The lowest BCUT2D eigenvalue weighted by Gasteiger charge is -2.32. The van der Waals surface area contributed by atoms with E-state index in [9.17, 15) is 0 Å². The fourth-order valence-electron chi connectivity index (χ4n) is 3.13. The van der Waals surface area contributed by atoms with Gasteiger partial charge < -0.3 is 16.0 Å². The Morgan fingerprint density at radius 1 is 1.25 bits per heavy atom. The lowest BCUT2D eigenvalue weighted by Crippen LogP contribution is -2.49. The van der Waals surface area contributed by atoms with E-state index < -0.39 is 0 Å². The number of piperazine rings is 1. The van der Waals surface area contributed by atoms with Gasteiger partial charge in [-0.15, -0.1) is 0 Å². The van der Waals surface area contributed by atoms with Crippen molar-refractivity contribution in [2.75, 3.05) is 30.3 Å². The molecule has 24 heavy (non-hydrogen) atoms. The second-order valence-corrected chi connectivity index (χ2v) is 6.34. The van der Waals surface area contributed by atoms with Crippen molar-refractivity contribution in [1.82, 2.24) is 25.1 Å². The van der Waals surface area contributed by atoms with E-state index in [0.29, 0.717) is 6.04 Å². The molecule has 1 fully saturated rings. The molecular formula is C17H21N7. The molecule has 1 aromatic carbocycles. The molecule has 0 spiro atoms. The van der Waals surface area contributed by atoms with E-state index >= 15 is 0 Å². The standard InChI is InChI=1S/C17H21N7/c1-11-7-16(22-17(21-11)23-6-5-19-12(2)10-23)24-15-4-3-14(18)8-13(15)9-20-24/h3-4,7-9,12,19H,5-6,10,18H2,1-2H3. The maximum atomic E-state index is 5.86. The van der Waals surface area contributed by atoms with E-state index in [1.54, 1.807) is 0 Å². The molecule has 0 amide bonds. The molecule has 7 heteroatoms. The highest BCUT2D eigenvalue weighted by Crippen LogP contribution is 2.21. The van der Waals surface area contributed by atoms with E-state index in [4.69, 9.17) is 10.7 Å². The first kappa shape index (κ1) is 14.9. The second-order valence-electron chi connectivity index (χ2n) is 6.34. The quantitative estimate of drug-likeness (QED) is 0.695. The number of nitrogens with one attached hydrogen (secondary N) is 1. The molecule has 3 aromatic rings. The maximum absolute atomic E-state index is 5.86. The van der Waals surface area contributed by atoms with Crippen LogP contribution in [-0.2, 0) is 0 Å². The maximum Gasteiger partial charge on any atom is 0.227 e. The first-order valence-electron chi connectivity index (χ1n) is 8.18. The van der Waals surface area contributed by atoms with Gasteiger partial charge in [0, 0.05) is 48.5 Å². The van der Waals surface area contributed by atoms with Crippen LogP contribution >= 0.6 is 0 Å². The molecule has 1 unspecified atom stereocenters. The highest BCUT2D eigenvalue weighted by atomic mass is 15.3. The summed E-state index contributed by atoms with van der Waals surface area (Å²) >= 11 is 0. The fourth-order valence-corrected chi connectivity index (χ4v) is 3.13. The number of hydrogen-bond donors (Lipinski definition) is 2. The van der Waals surface area contributed by atoms with Crippen LogP contribution in [-0.4, -0.2) is 45.4 Å². The summed E-state index contributed by atoms with van der Waals surface area (Å²) in [4.78, 5) is 11.6. The van der Waals surface area contributed by atoms with E-state index in [0.717, 1.165) is 53.7 Å². The van der Waals surface area contributed by atoms with Crippen molar-refractivity contribution in [2.24, 2.45) is 0 Å². The summed E-state index contributed by atoms with van der Waals surface area (Å²) in [6.45, 7) is 6.92. The molecule has 1 aliphatic rings. The van der Waals surface area contributed by atoms with Crippen LogP contribution in [0, 0.1) is 6.92 Å².